The van der Waals surface area contributed by atoms with Crippen molar-refractivity contribution in [2.24, 2.45) is 11.7 Å². The number of nitrogens with zero attached hydrogens (tertiary/aromatic N) is 2. The molecule has 0 aliphatic carbocycles. The summed E-state index contributed by atoms with van der Waals surface area (Å²) in [4.78, 5) is 1.16. The highest BCUT2D eigenvalue weighted by Gasteiger charge is 2.17. The molecule has 2 atom stereocenters. The fourth-order valence-electron chi connectivity index (χ4n) is 2.02. The van der Waals surface area contributed by atoms with Gasteiger partial charge >= 0.3 is 0 Å². The van der Waals surface area contributed by atoms with Crippen LogP contribution in [0, 0.1) is 12.8 Å². The van der Waals surface area contributed by atoms with Crippen LogP contribution in [0.3, 0.4) is 0 Å². The van der Waals surface area contributed by atoms with Crippen LogP contribution in [-0.2, 0) is 0 Å². The Morgan fingerprint density at radius 1 is 1.38 bits per heavy atom. The van der Waals surface area contributed by atoms with Gasteiger partial charge in [-0.25, -0.2) is 0 Å². The van der Waals surface area contributed by atoms with E-state index in [4.69, 9.17) is 5.73 Å². The lowest BCUT2D eigenvalue weighted by Crippen LogP contribution is -2.15. The van der Waals surface area contributed by atoms with Gasteiger partial charge in [0.2, 0.25) is 0 Å². The standard InChI is InChI=1S/C12H23N3S/c1-4-6-7-10(5-2)8-11(13)12-9(3)14-15-16-12/h10-11H,4-8,13H2,1-3H3. The van der Waals surface area contributed by atoms with Gasteiger partial charge in [0.15, 0.2) is 0 Å². The van der Waals surface area contributed by atoms with E-state index < -0.39 is 0 Å². The second-order valence-electron chi connectivity index (χ2n) is 4.48. The maximum Gasteiger partial charge on any atom is 0.0772 e. The summed E-state index contributed by atoms with van der Waals surface area (Å²) in [6.07, 6.45) is 6.17. The average molecular weight is 241 g/mol. The van der Waals surface area contributed by atoms with E-state index in [0.717, 1.165) is 22.9 Å². The Balaban J connectivity index is 2.48. The molecule has 0 aliphatic heterocycles. The number of aryl methyl sites for hydroxylation is 1. The van der Waals surface area contributed by atoms with E-state index in [0.29, 0.717) is 0 Å². The minimum absolute atomic E-state index is 0.127. The second-order valence-corrected chi connectivity index (χ2v) is 5.27. The van der Waals surface area contributed by atoms with E-state index in [-0.39, 0.29) is 6.04 Å². The first-order chi connectivity index (χ1) is 7.69. The first-order valence-corrected chi connectivity index (χ1v) is 7.00. The Morgan fingerprint density at radius 3 is 2.62 bits per heavy atom. The molecular formula is C12H23N3S. The monoisotopic (exact) mass is 241 g/mol. The van der Waals surface area contributed by atoms with Gasteiger partial charge in [0.1, 0.15) is 0 Å². The normalized spacial score (nSPS) is 15.0. The first-order valence-electron chi connectivity index (χ1n) is 6.23. The van der Waals surface area contributed by atoms with E-state index >= 15 is 0 Å². The maximum atomic E-state index is 6.22. The lowest BCUT2D eigenvalue weighted by atomic mass is 9.91. The molecule has 4 heteroatoms. The minimum atomic E-state index is 0.127. The van der Waals surface area contributed by atoms with Crippen molar-refractivity contribution < 1.29 is 0 Å². The van der Waals surface area contributed by atoms with Crippen LogP contribution in [0.2, 0.25) is 0 Å². The smallest absolute Gasteiger partial charge is 0.0772 e. The summed E-state index contributed by atoms with van der Waals surface area (Å²) in [7, 11) is 0. The summed E-state index contributed by atoms with van der Waals surface area (Å²) >= 11 is 1.45. The molecule has 1 aromatic rings. The van der Waals surface area contributed by atoms with Crippen molar-refractivity contribution in [2.45, 2.75) is 58.9 Å². The molecule has 0 aliphatic rings. The molecule has 0 fully saturated rings. The van der Waals surface area contributed by atoms with Crippen molar-refractivity contribution in [3.05, 3.63) is 10.6 Å². The molecule has 1 aromatic heterocycles. The molecule has 1 rings (SSSR count). The summed E-state index contributed by atoms with van der Waals surface area (Å²) in [6.45, 7) is 6.49. The number of rotatable bonds is 7. The number of unbranched alkanes of at least 4 members (excludes halogenated alkanes) is 1. The van der Waals surface area contributed by atoms with Crippen LogP contribution in [0.4, 0.5) is 0 Å². The quantitative estimate of drug-likeness (QED) is 0.795. The summed E-state index contributed by atoms with van der Waals surface area (Å²) < 4.78 is 3.95. The molecule has 3 nitrogen and oxygen atoms in total. The van der Waals surface area contributed by atoms with Crippen molar-refractivity contribution in [1.29, 1.82) is 0 Å². The second kappa shape index (κ2) is 6.97. The third-order valence-electron chi connectivity index (χ3n) is 3.15. The van der Waals surface area contributed by atoms with Gasteiger partial charge in [0.25, 0.3) is 0 Å². The number of hydrogen-bond acceptors (Lipinski definition) is 4. The van der Waals surface area contributed by atoms with Gasteiger partial charge in [0.05, 0.1) is 10.6 Å². The topological polar surface area (TPSA) is 51.8 Å². The summed E-state index contributed by atoms with van der Waals surface area (Å²) in [6, 6.07) is 0.127. The molecule has 1 heterocycles. The summed E-state index contributed by atoms with van der Waals surface area (Å²) in [5.41, 5.74) is 7.22. The van der Waals surface area contributed by atoms with E-state index in [1.54, 1.807) is 0 Å². The third-order valence-corrected chi connectivity index (χ3v) is 4.11. The zero-order valence-electron chi connectivity index (χ0n) is 10.6. The van der Waals surface area contributed by atoms with Crippen LogP contribution in [0.5, 0.6) is 0 Å². The average Bonchev–Trinajstić information content (AvgIpc) is 2.70. The molecule has 0 radical (unpaired) electrons. The molecule has 2 unspecified atom stereocenters. The zero-order chi connectivity index (χ0) is 12.0. The van der Waals surface area contributed by atoms with Gasteiger partial charge in [-0.15, -0.1) is 5.10 Å². The first kappa shape index (κ1) is 13.6. The molecule has 0 saturated carbocycles. The predicted molar refractivity (Wildman–Crippen MR) is 69.5 cm³/mol. The molecule has 0 spiro atoms. The highest BCUT2D eigenvalue weighted by Crippen LogP contribution is 2.27. The van der Waals surface area contributed by atoms with Crippen LogP contribution < -0.4 is 5.73 Å². The minimum Gasteiger partial charge on any atom is -0.323 e. The van der Waals surface area contributed by atoms with Crippen LogP contribution in [0.15, 0.2) is 0 Å². The van der Waals surface area contributed by atoms with Crippen molar-refractivity contribution in [3.63, 3.8) is 0 Å². The van der Waals surface area contributed by atoms with Crippen molar-refractivity contribution in [2.75, 3.05) is 0 Å². The summed E-state index contributed by atoms with van der Waals surface area (Å²) in [5.74, 6) is 0.747. The Labute approximate surface area is 103 Å². The Morgan fingerprint density at radius 2 is 2.12 bits per heavy atom. The lowest BCUT2D eigenvalue weighted by molar-refractivity contribution is 0.390. The van der Waals surface area contributed by atoms with Gasteiger partial charge in [-0.05, 0) is 30.8 Å². The molecular weight excluding hydrogens is 218 g/mol. The lowest BCUT2D eigenvalue weighted by Gasteiger charge is -2.18. The highest BCUT2D eigenvalue weighted by molar-refractivity contribution is 7.05. The number of nitrogens with two attached hydrogens (primary N) is 1. The highest BCUT2D eigenvalue weighted by atomic mass is 32.1. The van der Waals surface area contributed by atoms with Crippen LogP contribution in [0.1, 0.15) is 62.6 Å². The van der Waals surface area contributed by atoms with E-state index in [1.807, 2.05) is 6.92 Å². The van der Waals surface area contributed by atoms with Crippen LogP contribution >= 0.6 is 11.5 Å². The van der Waals surface area contributed by atoms with Crippen LogP contribution in [-0.4, -0.2) is 9.59 Å². The van der Waals surface area contributed by atoms with Gasteiger partial charge in [-0.1, -0.05) is 44.0 Å². The van der Waals surface area contributed by atoms with Gasteiger partial charge < -0.3 is 5.73 Å². The fraction of sp³-hybridized carbons (Fsp3) is 0.833. The molecule has 2 N–H and O–H groups in total. The fourth-order valence-corrected chi connectivity index (χ4v) is 2.68. The Hall–Kier alpha value is -0.480. The molecule has 0 aromatic carbocycles. The Kier molecular flexibility index (Phi) is 5.91. The molecule has 92 valence electrons. The van der Waals surface area contributed by atoms with Crippen molar-refractivity contribution >= 4 is 11.5 Å². The largest absolute Gasteiger partial charge is 0.323 e. The van der Waals surface area contributed by atoms with E-state index in [2.05, 4.69) is 23.4 Å². The van der Waals surface area contributed by atoms with Crippen molar-refractivity contribution in [1.82, 2.24) is 9.59 Å². The van der Waals surface area contributed by atoms with Gasteiger partial charge in [-0.3, -0.25) is 0 Å². The molecule has 0 bridgehead atoms. The van der Waals surface area contributed by atoms with E-state index in [9.17, 15) is 0 Å². The van der Waals surface area contributed by atoms with Crippen molar-refractivity contribution in [3.8, 4) is 0 Å². The SMILES string of the molecule is CCCCC(CC)CC(N)c1snnc1C. The molecule has 0 saturated heterocycles. The van der Waals surface area contributed by atoms with Gasteiger partial charge in [-0.2, -0.15) is 0 Å². The van der Waals surface area contributed by atoms with Crippen LogP contribution in [0.25, 0.3) is 0 Å². The predicted octanol–water partition coefficient (Wildman–Crippen LogP) is 3.45. The number of aromatic nitrogens is 2. The van der Waals surface area contributed by atoms with E-state index in [1.165, 1.54) is 37.2 Å². The maximum absolute atomic E-state index is 6.22. The third kappa shape index (κ3) is 3.83. The Bertz CT molecular complexity index is 298. The number of hydrogen-bond donors (Lipinski definition) is 1. The molecule has 0 amide bonds. The zero-order valence-corrected chi connectivity index (χ0v) is 11.4. The molecule has 16 heavy (non-hydrogen) atoms. The summed E-state index contributed by atoms with van der Waals surface area (Å²) in [5, 5.41) is 4.02. The van der Waals surface area contributed by atoms with Gasteiger partial charge in [0, 0.05) is 6.04 Å².